The lowest BCUT2D eigenvalue weighted by Gasteiger charge is -2.18. The summed E-state index contributed by atoms with van der Waals surface area (Å²) in [5, 5.41) is 2.62. The van der Waals surface area contributed by atoms with Crippen molar-refractivity contribution in [1.82, 2.24) is 5.32 Å². The Morgan fingerprint density at radius 2 is 2.20 bits per heavy atom. The van der Waals surface area contributed by atoms with E-state index < -0.39 is 29.3 Å². The Morgan fingerprint density at radius 1 is 1.60 bits per heavy atom. The molecule has 0 spiro atoms. The molecule has 6 heteroatoms. The molecular weight excluding hydrogens is 224 g/mol. The van der Waals surface area contributed by atoms with E-state index in [9.17, 15) is 13.0 Å². The summed E-state index contributed by atoms with van der Waals surface area (Å²) in [5.41, 5.74) is 0. The van der Waals surface area contributed by atoms with Crippen LogP contribution in [-0.2, 0) is 11.1 Å². The van der Waals surface area contributed by atoms with Crippen LogP contribution in [-0.4, -0.2) is 33.0 Å². The van der Waals surface area contributed by atoms with Gasteiger partial charge in [-0.3, -0.25) is 0 Å². The van der Waals surface area contributed by atoms with Gasteiger partial charge < -0.3 is 9.87 Å². The molecule has 0 radical (unpaired) electrons. The summed E-state index contributed by atoms with van der Waals surface area (Å²) in [7, 11) is 0. The molecule has 0 bridgehead atoms. The number of halogens is 2. The van der Waals surface area contributed by atoms with Crippen LogP contribution in [0, 0.1) is 0 Å². The first kappa shape index (κ1) is 14.7. The van der Waals surface area contributed by atoms with Gasteiger partial charge in [0.15, 0.2) is 11.1 Å². The lowest BCUT2D eigenvalue weighted by atomic mass is 10.2. The summed E-state index contributed by atoms with van der Waals surface area (Å²) in [5.74, 6) is -4.15. The van der Waals surface area contributed by atoms with Crippen molar-refractivity contribution in [3.05, 3.63) is 12.2 Å². The fraction of sp³-hybridized carbons (Fsp3) is 0.778. The van der Waals surface area contributed by atoms with E-state index in [1.54, 1.807) is 6.92 Å². The highest BCUT2D eigenvalue weighted by Crippen LogP contribution is 2.13. The smallest absolute Gasteiger partial charge is 0.273 e. The highest BCUT2D eigenvalue weighted by atomic mass is 32.2. The molecule has 0 aromatic rings. The third-order valence-corrected chi connectivity index (χ3v) is 2.44. The second kappa shape index (κ2) is 7.03. The molecule has 2 unspecified atom stereocenters. The predicted molar refractivity (Wildman–Crippen MR) is 57.5 cm³/mol. The minimum absolute atomic E-state index is 0.0702. The van der Waals surface area contributed by atoms with Crippen LogP contribution < -0.4 is 5.32 Å². The highest BCUT2D eigenvalue weighted by molar-refractivity contribution is 7.79. The SMILES string of the molecule is C/C=C/CC(C)NCC(F)(F)CS(=O)O. The van der Waals surface area contributed by atoms with Gasteiger partial charge in [-0.1, -0.05) is 12.2 Å². The molecule has 2 atom stereocenters. The minimum Gasteiger partial charge on any atom is -0.308 e. The van der Waals surface area contributed by atoms with Gasteiger partial charge in [-0.15, -0.1) is 0 Å². The van der Waals surface area contributed by atoms with Crippen molar-refractivity contribution >= 4 is 11.1 Å². The van der Waals surface area contributed by atoms with Crippen LogP contribution in [0.4, 0.5) is 8.78 Å². The van der Waals surface area contributed by atoms with Crippen molar-refractivity contribution < 1.29 is 17.5 Å². The third-order valence-electron chi connectivity index (χ3n) is 1.77. The molecule has 0 rings (SSSR count). The number of allylic oxidation sites excluding steroid dienone is 1. The molecule has 0 aliphatic heterocycles. The zero-order chi connectivity index (χ0) is 11.9. The summed E-state index contributed by atoms with van der Waals surface area (Å²) in [6, 6.07) is -0.0702. The van der Waals surface area contributed by atoms with Crippen molar-refractivity contribution in [2.24, 2.45) is 0 Å². The van der Waals surface area contributed by atoms with E-state index in [1.807, 2.05) is 19.1 Å². The van der Waals surface area contributed by atoms with Crippen LogP contribution in [0.25, 0.3) is 0 Å². The predicted octanol–water partition coefficient (Wildman–Crippen LogP) is 1.79. The van der Waals surface area contributed by atoms with Gasteiger partial charge in [-0.05, 0) is 20.3 Å². The monoisotopic (exact) mass is 241 g/mol. The molecule has 0 aromatic carbocycles. The molecule has 0 heterocycles. The molecule has 3 nitrogen and oxygen atoms in total. The minimum atomic E-state index is -3.14. The number of nitrogens with one attached hydrogen (secondary N) is 1. The van der Waals surface area contributed by atoms with E-state index in [1.165, 1.54) is 0 Å². The molecule has 90 valence electrons. The van der Waals surface area contributed by atoms with Crippen LogP contribution in [0.15, 0.2) is 12.2 Å². The second-order valence-electron chi connectivity index (χ2n) is 3.41. The summed E-state index contributed by atoms with van der Waals surface area (Å²) >= 11 is -2.46. The van der Waals surface area contributed by atoms with Gasteiger partial charge in [0.05, 0.1) is 6.54 Å². The van der Waals surface area contributed by atoms with Crippen LogP contribution in [0.1, 0.15) is 20.3 Å². The molecule has 0 aliphatic carbocycles. The van der Waals surface area contributed by atoms with Crippen molar-refractivity contribution in [1.29, 1.82) is 0 Å². The Morgan fingerprint density at radius 3 is 2.67 bits per heavy atom. The standard InChI is InChI=1S/C9H17F2NO2S/c1-3-4-5-8(2)12-6-9(10,11)7-15(13)14/h3-4,8,12H,5-7H2,1-2H3,(H,13,14)/b4-3+. The second-order valence-corrected chi connectivity index (χ2v) is 4.34. The maximum Gasteiger partial charge on any atom is 0.273 e. The molecule has 2 N–H and O–H groups in total. The van der Waals surface area contributed by atoms with Crippen molar-refractivity contribution in [3.63, 3.8) is 0 Å². The Balaban J connectivity index is 3.86. The van der Waals surface area contributed by atoms with E-state index in [4.69, 9.17) is 4.55 Å². The Kier molecular flexibility index (Phi) is 6.87. The Hall–Kier alpha value is -0.330. The van der Waals surface area contributed by atoms with E-state index >= 15 is 0 Å². The summed E-state index contributed by atoms with van der Waals surface area (Å²) in [4.78, 5) is 0. The quantitative estimate of drug-likeness (QED) is 0.527. The molecule has 0 fully saturated rings. The van der Waals surface area contributed by atoms with Gasteiger partial charge >= 0.3 is 0 Å². The number of rotatable bonds is 7. The molecule has 0 amide bonds. The lowest BCUT2D eigenvalue weighted by molar-refractivity contribution is 0.0238. The van der Waals surface area contributed by atoms with Crippen LogP contribution in [0.2, 0.25) is 0 Å². The van der Waals surface area contributed by atoms with Crippen LogP contribution in [0.5, 0.6) is 0 Å². The van der Waals surface area contributed by atoms with E-state index in [0.717, 1.165) is 0 Å². The molecule has 0 aromatic heterocycles. The number of hydrogen-bond donors (Lipinski definition) is 2. The largest absolute Gasteiger partial charge is 0.308 e. The van der Waals surface area contributed by atoms with Gasteiger partial charge in [0.2, 0.25) is 0 Å². The van der Waals surface area contributed by atoms with Gasteiger partial charge in [-0.2, -0.15) is 0 Å². The Bertz CT molecular complexity index is 234. The van der Waals surface area contributed by atoms with Gasteiger partial charge in [0.1, 0.15) is 5.75 Å². The topological polar surface area (TPSA) is 49.3 Å². The Labute approximate surface area is 91.2 Å². The zero-order valence-corrected chi connectivity index (χ0v) is 9.69. The summed E-state index contributed by atoms with van der Waals surface area (Å²) in [6.07, 6.45) is 4.38. The van der Waals surface area contributed by atoms with Gasteiger partial charge in [-0.25, -0.2) is 13.0 Å². The van der Waals surface area contributed by atoms with Gasteiger partial charge in [0.25, 0.3) is 5.92 Å². The third kappa shape index (κ3) is 8.65. The van der Waals surface area contributed by atoms with Crippen molar-refractivity contribution in [2.75, 3.05) is 12.3 Å². The fourth-order valence-electron chi connectivity index (χ4n) is 0.979. The number of hydrogen-bond acceptors (Lipinski definition) is 2. The maximum atomic E-state index is 12.9. The fourth-order valence-corrected chi connectivity index (χ4v) is 1.44. The summed E-state index contributed by atoms with van der Waals surface area (Å²) in [6.45, 7) is 3.07. The average molecular weight is 241 g/mol. The lowest BCUT2D eigenvalue weighted by Crippen LogP contribution is -2.40. The highest BCUT2D eigenvalue weighted by Gasteiger charge is 2.31. The molecular formula is C9H17F2NO2S. The van der Waals surface area contributed by atoms with E-state index in [2.05, 4.69) is 5.32 Å². The van der Waals surface area contributed by atoms with Gasteiger partial charge in [0, 0.05) is 6.04 Å². The van der Waals surface area contributed by atoms with E-state index in [-0.39, 0.29) is 6.04 Å². The van der Waals surface area contributed by atoms with E-state index in [0.29, 0.717) is 6.42 Å². The first-order valence-corrected chi connectivity index (χ1v) is 5.95. The first-order chi connectivity index (χ1) is 6.87. The maximum absolute atomic E-state index is 12.9. The number of alkyl halides is 2. The molecule has 0 saturated carbocycles. The van der Waals surface area contributed by atoms with Crippen LogP contribution >= 0.6 is 0 Å². The molecule has 0 aliphatic rings. The zero-order valence-electron chi connectivity index (χ0n) is 8.87. The molecule has 0 saturated heterocycles. The van der Waals surface area contributed by atoms with Crippen molar-refractivity contribution in [3.8, 4) is 0 Å². The van der Waals surface area contributed by atoms with Crippen molar-refractivity contribution in [2.45, 2.75) is 32.2 Å². The molecule has 15 heavy (non-hydrogen) atoms. The average Bonchev–Trinajstić information content (AvgIpc) is 2.09. The first-order valence-electron chi connectivity index (χ1n) is 4.67. The van der Waals surface area contributed by atoms with Crippen LogP contribution in [0.3, 0.4) is 0 Å². The normalized spacial score (nSPS) is 16.9. The summed E-state index contributed by atoms with van der Waals surface area (Å²) < 4.78 is 44.4.